The highest BCUT2D eigenvalue weighted by molar-refractivity contribution is 4.88. The van der Waals surface area contributed by atoms with Gasteiger partial charge in [-0.15, -0.1) is 0 Å². The quantitative estimate of drug-likeness (QED) is 0.500. The zero-order valence-electron chi connectivity index (χ0n) is 15.4. The predicted octanol–water partition coefficient (Wildman–Crippen LogP) is 0.360. The van der Waals surface area contributed by atoms with Gasteiger partial charge in [-0.25, -0.2) is 9.13 Å². The van der Waals surface area contributed by atoms with Crippen LogP contribution in [0.1, 0.15) is 52.4 Å². The number of aryl methyl sites for hydroxylation is 2. The lowest BCUT2D eigenvalue weighted by Crippen LogP contribution is -3.00. The van der Waals surface area contributed by atoms with Crippen molar-refractivity contribution in [1.29, 1.82) is 0 Å². The first-order chi connectivity index (χ1) is 10.7. The molecule has 0 amide bonds. The maximum Gasteiger partial charge on any atom is 0.243 e. The van der Waals surface area contributed by atoms with Crippen molar-refractivity contribution < 1.29 is 17.0 Å². The molecule has 1 aliphatic heterocycles. The fourth-order valence-electron chi connectivity index (χ4n) is 2.45. The Morgan fingerprint density at radius 3 is 2.22 bits per heavy atom. The third-order valence-corrected chi connectivity index (χ3v) is 3.83. The van der Waals surface area contributed by atoms with Gasteiger partial charge in [-0.05, 0) is 19.3 Å². The molecule has 0 spiro atoms. The number of nitrogens with zero attached hydrogens (tertiary/aromatic N) is 4. The highest BCUT2D eigenvalue weighted by Gasteiger charge is 2.05. The largest absolute Gasteiger partial charge is 1.00 e. The molecular weight excluding hydrogens is 308 g/mol. The Morgan fingerprint density at radius 2 is 1.70 bits per heavy atom. The molecule has 0 radical (unpaired) electrons. The average molecular weight is 343 g/mol. The van der Waals surface area contributed by atoms with Gasteiger partial charge >= 0.3 is 0 Å². The number of aromatic nitrogens is 2. The molecule has 1 aromatic heterocycles. The Morgan fingerprint density at radius 1 is 0.957 bits per heavy atom. The van der Waals surface area contributed by atoms with E-state index in [1.807, 2.05) is 0 Å². The third-order valence-electron chi connectivity index (χ3n) is 3.83. The maximum atomic E-state index is 2.34. The van der Waals surface area contributed by atoms with Gasteiger partial charge in [-0.3, -0.25) is 0 Å². The normalized spacial score (nSPS) is 12.9. The third kappa shape index (κ3) is 10.3. The summed E-state index contributed by atoms with van der Waals surface area (Å²) in [6, 6.07) is 0. The van der Waals surface area contributed by atoms with Crippen LogP contribution in [0.15, 0.2) is 31.1 Å². The zero-order valence-corrected chi connectivity index (χ0v) is 16.2. The number of hydrogen-bond donors (Lipinski definition) is 0. The van der Waals surface area contributed by atoms with Crippen molar-refractivity contribution in [2.75, 3.05) is 20.3 Å². The second-order valence-electron chi connectivity index (χ2n) is 6.24. The summed E-state index contributed by atoms with van der Waals surface area (Å²) in [5.74, 6) is 0. The number of rotatable bonds is 8. The average Bonchev–Trinajstić information content (AvgIpc) is 3.11. The van der Waals surface area contributed by atoms with E-state index in [1.165, 1.54) is 51.6 Å². The van der Waals surface area contributed by atoms with Gasteiger partial charge in [0.2, 0.25) is 6.33 Å². The monoisotopic (exact) mass is 342 g/mol. The van der Waals surface area contributed by atoms with Gasteiger partial charge in [0, 0.05) is 26.0 Å². The van der Waals surface area contributed by atoms with Crippen LogP contribution in [0.4, 0.5) is 0 Å². The number of imidazole rings is 1. The predicted molar refractivity (Wildman–Crippen MR) is 93.1 cm³/mol. The Balaban J connectivity index is 0.000000409. The lowest BCUT2D eigenvalue weighted by molar-refractivity contribution is -0.671. The van der Waals surface area contributed by atoms with Crippen LogP contribution in [0.25, 0.3) is 0 Å². The van der Waals surface area contributed by atoms with E-state index in [2.05, 4.69) is 78.0 Å². The van der Waals surface area contributed by atoms with Crippen LogP contribution in [0, 0.1) is 0 Å². The second kappa shape index (κ2) is 13.3. The topological polar surface area (TPSA) is 15.3 Å². The van der Waals surface area contributed by atoms with E-state index in [9.17, 15) is 0 Å². The summed E-state index contributed by atoms with van der Waals surface area (Å²) in [6.45, 7) is 7.91. The lowest BCUT2D eigenvalue weighted by atomic mass is 10.2. The summed E-state index contributed by atoms with van der Waals surface area (Å²) >= 11 is 0. The van der Waals surface area contributed by atoms with Crippen LogP contribution in [0.2, 0.25) is 0 Å². The molecule has 1 aliphatic rings. The van der Waals surface area contributed by atoms with Gasteiger partial charge in [-0.1, -0.05) is 33.1 Å². The van der Waals surface area contributed by atoms with Crippen LogP contribution in [-0.4, -0.2) is 34.6 Å². The van der Waals surface area contributed by atoms with Crippen molar-refractivity contribution in [3.63, 3.8) is 0 Å². The molecule has 0 aliphatic carbocycles. The molecule has 0 aromatic carbocycles. The van der Waals surface area contributed by atoms with Crippen LogP contribution < -0.4 is 17.0 Å². The molecule has 1 aromatic rings. The van der Waals surface area contributed by atoms with Gasteiger partial charge in [0.15, 0.2) is 0 Å². The Kier molecular flexibility index (Phi) is 12.6. The minimum Gasteiger partial charge on any atom is -1.00 e. The molecule has 0 atom stereocenters. The highest BCUT2D eigenvalue weighted by Crippen LogP contribution is 2.04. The first kappa shape index (κ1) is 21.8. The summed E-state index contributed by atoms with van der Waals surface area (Å²) in [5, 5.41) is 0. The van der Waals surface area contributed by atoms with Gasteiger partial charge in [0.05, 0.1) is 20.3 Å². The summed E-state index contributed by atoms with van der Waals surface area (Å²) in [4.78, 5) is 4.53. The minimum atomic E-state index is 0. The number of unbranched alkanes of at least 4 members (excludes halogenated alkanes) is 4. The van der Waals surface area contributed by atoms with E-state index in [4.69, 9.17) is 0 Å². The molecule has 5 heteroatoms. The lowest BCUT2D eigenvalue weighted by Gasteiger charge is -2.17. The van der Waals surface area contributed by atoms with Crippen LogP contribution in [0.3, 0.4) is 0 Å². The van der Waals surface area contributed by atoms with E-state index in [-0.39, 0.29) is 12.4 Å². The number of halogens is 1. The van der Waals surface area contributed by atoms with Crippen LogP contribution >= 0.6 is 0 Å². The van der Waals surface area contributed by atoms with E-state index in [0.717, 1.165) is 6.67 Å². The second-order valence-corrected chi connectivity index (χ2v) is 6.24. The first-order valence-electron chi connectivity index (χ1n) is 8.79. The van der Waals surface area contributed by atoms with Crippen LogP contribution in [-0.2, 0) is 13.6 Å². The van der Waals surface area contributed by atoms with E-state index in [1.54, 1.807) is 0 Å². The molecule has 134 valence electrons. The molecule has 0 fully saturated rings. The van der Waals surface area contributed by atoms with E-state index in [0.29, 0.717) is 0 Å². The van der Waals surface area contributed by atoms with Gasteiger partial charge < -0.3 is 22.2 Å². The first-order valence-corrected chi connectivity index (χ1v) is 8.79. The Labute approximate surface area is 149 Å². The molecule has 0 bridgehead atoms. The highest BCUT2D eigenvalue weighted by atomic mass is 35.5. The zero-order chi connectivity index (χ0) is 16.2. The Hall–Kier alpha value is -1.16. The van der Waals surface area contributed by atoms with Crippen molar-refractivity contribution in [3.05, 3.63) is 31.1 Å². The van der Waals surface area contributed by atoms with Crippen molar-refractivity contribution in [3.8, 4) is 0 Å². The SMILES string of the molecule is CCCCCCn1cc[n+](C)c1.CCCCN1C=CN(C)C1.[Cl-]. The molecule has 0 unspecified atom stereocenters. The molecule has 0 saturated carbocycles. The fraction of sp³-hybridized carbons (Fsp3) is 0.722. The standard InChI is InChI=1S/C10H19N2.C8H16N2.ClH/c1-3-4-5-6-7-12-9-8-11(2)10-12;1-3-4-5-10-7-6-9(2)8-10;/h8-10H,3-7H2,1-2H3;6-7H,3-5,8H2,1-2H3;1H/q+1;;/p-1. The summed E-state index contributed by atoms with van der Waals surface area (Å²) in [6.07, 6.45) is 18.6. The van der Waals surface area contributed by atoms with Gasteiger partial charge in [0.1, 0.15) is 12.4 Å². The summed E-state index contributed by atoms with van der Waals surface area (Å²) < 4.78 is 4.33. The molecule has 4 nitrogen and oxygen atoms in total. The molecule has 0 saturated heterocycles. The summed E-state index contributed by atoms with van der Waals surface area (Å²) in [7, 11) is 4.16. The number of hydrogen-bond acceptors (Lipinski definition) is 2. The molecule has 23 heavy (non-hydrogen) atoms. The molecule has 0 N–H and O–H groups in total. The van der Waals surface area contributed by atoms with Crippen LogP contribution in [0.5, 0.6) is 0 Å². The molecule has 2 rings (SSSR count). The van der Waals surface area contributed by atoms with E-state index >= 15 is 0 Å². The van der Waals surface area contributed by atoms with Gasteiger partial charge in [-0.2, -0.15) is 0 Å². The molecular formula is C18H35ClN4. The van der Waals surface area contributed by atoms with Gasteiger partial charge in [0.25, 0.3) is 0 Å². The van der Waals surface area contributed by atoms with E-state index < -0.39 is 0 Å². The Bertz CT molecular complexity index is 417. The molecule has 2 heterocycles. The van der Waals surface area contributed by atoms with Crippen molar-refractivity contribution in [2.45, 2.75) is 58.9 Å². The summed E-state index contributed by atoms with van der Waals surface area (Å²) in [5.41, 5.74) is 0. The van der Waals surface area contributed by atoms with Crippen molar-refractivity contribution >= 4 is 0 Å². The fourth-order valence-corrected chi connectivity index (χ4v) is 2.45. The smallest absolute Gasteiger partial charge is 0.243 e. The van der Waals surface area contributed by atoms with Crippen molar-refractivity contribution in [1.82, 2.24) is 14.4 Å². The minimum absolute atomic E-state index is 0. The maximum absolute atomic E-state index is 2.34. The van der Waals surface area contributed by atoms with Crippen molar-refractivity contribution in [2.24, 2.45) is 7.05 Å².